The van der Waals surface area contributed by atoms with Crippen LogP contribution in [0.1, 0.15) is 42.3 Å². The Bertz CT molecular complexity index is 778. The van der Waals surface area contributed by atoms with Gasteiger partial charge in [-0.1, -0.05) is 24.1 Å². The number of likely N-dealkylation sites (tertiary alicyclic amines) is 1. The maximum atomic E-state index is 5.89. The first-order valence-electron chi connectivity index (χ1n) is 8.42. The van der Waals surface area contributed by atoms with Crippen molar-refractivity contribution in [3.05, 3.63) is 53.7 Å². The van der Waals surface area contributed by atoms with E-state index in [0.717, 1.165) is 18.5 Å². The van der Waals surface area contributed by atoms with Gasteiger partial charge in [0.15, 0.2) is 0 Å². The Hall–Kier alpha value is -2.47. The van der Waals surface area contributed by atoms with E-state index in [9.17, 15) is 0 Å². The number of nitrogens with one attached hydrogen (secondary N) is 1. The molecule has 1 aliphatic heterocycles. The molecule has 124 valence electrons. The number of nitrogens with zero attached hydrogens (tertiary/aromatic N) is 4. The molecular weight excluding hydrogens is 302 g/mol. The fraction of sp³-hybridized carbons (Fsp3) is 0.389. The molecule has 0 radical (unpaired) electrons. The minimum atomic E-state index is 0.368. The Kier molecular flexibility index (Phi) is 4.13. The molecule has 1 aromatic carbocycles. The van der Waals surface area contributed by atoms with Crippen molar-refractivity contribution in [1.82, 2.24) is 25.3 Å². The molecule has 1 saturated heterocycles. The molecule has 6 heteroatoms. The Morgan fingerprint density at radius 2 is 2.08 bits per heavy atom. The van der Waals surface area contributed by atoms with Crippen LogP contribution in [0.5, 0.6) is 0 Å². The standard InChI is InChI=1S/C18H21N5O/c1-13-5-7-14(8-6-13)18-22-21-17(24-18)12-23-9-3-2-4-16(23)15-10-19-20-11-15/h5-8,10-11,16H,2-4,9,12H2,1H3,(H,19,20)/t16-/m0/s1. The molecule has 6 nitrogen and oxygen atoms in total. The van der Waals surface area contributed by atoms with E-state index < -0.39 is 0 Å². The smallest absolute Gasteiger partial charge is 0.247 e. The number of aromatic amines is 1. The summed E-state index contributed by atoms with van der Waals surface area (Å²) in [5.74, 6) is 1.25. The van der Waals surface area contributed by atoms with E-state index in [0.29, 0.717) is 24.4 Å². The van der Waals surface area contributed by atoms with Gasteiger partial charge in [-0.15, -0.1) is 10.2 Å². The Morgan fingerprint density at radius 3 is 2.88 bits per heavy atom. The molecule has 1 atom stereocenters. The van der Waals surface area contributed by atoms with Crippen molar-refractivity contribution in [2.45, 2.75) is 38.8 Å². The highest BCUT2D eigenvalue weighted by Crippen LogP contribution is 2.31. The second-order valence-corrected chi connectivity index (χ2v) is 6.38. The van der Waals surface area contributed by atoms with Crippen molar-refractivity contribution >= 4 is 0 Å². The average molecular weight is 323 g/mol. The van der Waals surface area contributed by atoms with Gasteiger partial charge in [-0.3, -0.25) is 10.00 Å². The van der Waals surface area contributed by atoms with Crippen molar-refractivity contribution in [3.8, 4) is 11.5 Å². The van der Waals surface area contributed by atoms with Crippen LogP contribution in [0.15, 0.2) is 41.1 Å². The second kappa shape index (κ2) is 6.57. The molecule has 0 bridgehead atoms. The molecule has 0 amide bonds. The van der Waals surface area contributed by atoms with E-state index in [2.05, 4.69) is 44.4 Å². The van der Waals surface area contributed by atoms with Crippen LogP contribution in [-0.2, 0) is 6.54 Å². The number of piperidine rings is 1. The van der Waals surface area contributed by atoms with Crippen LogP contribution in [0.4, 0.5) is 0 Å². The maximum absolute atomic E-state index is 5.89. The number of rotatable bonds is 4. The highest BCUT2D eigenvalue weighted by Gasteiger charge is 2.26. The molecule has 1 fully saturated rings. The van der Waals surface area contributed by atoms with E-state index in [1.807, 2.05) is 24.5 Å². The van der Waals surface area contributed by atoms with Crippen LogP contribution in [-0.4, -0.2) is 31.8 Å². The van der Waals surface area contributed by atoms with Crippen LogP contribution < -0.4 is 0 Å². The fourth-order valence-corrected chi connectivity index (χ4v) is 3.30. The summed E-state index contributed by atoms with van der Waals surface area (Å²) in [5, 5.41) is 15.5. The largest absolute Gasteiger partial charge is 0.419 e. The summed E-state index contributed by atoms with van der Waals surface area (Å²) in [6.07, 6.45) is 7.47. The first-order valence-corrected chi connectivity index (χ1v) is 8.42. The van der Waals surface area contributed by atoms with Crippen molar-refractivity contribution < 1.29 is 4.42 Å². The summed E-state index contributed by atoms with van der Waals surface area (Å²) in [7, 11) is 0. The van der Waals surface area contributed by atoms with E-state index in [1.165, 1.54) is 24.0 Å². The number of hydrogen-bond acceptors (Lipinski definition) is 5. The highest BCUT2D eigenvalue weighted by atomic mass is 16.4. The van der Waals surface area contributed by atoms with E-state index in [1.54, 1.807) is 0 Å². The fourth-order valence-electron chi connectivity index (χ4n) is 3.30. The second-order valence-electron chi connectivity index (χ2n) is 6.38. The zero-order valence-corrected chi connectivity index (χ0v) is 13.8. The Labute approximate surface area is 140 Å². The lowest BCUT2D eigenvalue weighted by Crippen LogP contribution is -2.32. The first-order chi connectivity index (χ1) is 11.8. The van der Waals surface area contributed by atoms with Gasteiger partial charge in [0.2, 0.25) is 11.8 Å². The van der Waals surface area contributed by atoms with Gasteiger partial charge in [-0.25, -0.2) is 0 Å². The molecule has 0 aliphatic carbocycles. The van der Waals surface area contributed by atoms with E-state index in [4.69, 9.17) is 4.42 Å². The highest BCUT2D eigenvalue weighted by molar-refractivity contribution is 5.52. The van der Waals surface area contributed by atoms with E-state index in [-0.39, 0.29) is 0 Å². The van der Waals surface area contributed by atoms with Crippen LogP contribution in [0.3, 0.4) is 0 Å². The van der Waals surface area contributed by atoms with Crippen LogP contribution >= 0.6 is 0 Å². The number of hydrogen-bond donors (Lipinski definition) is 1. The normalized spacial score (nSPS) is 18.8. The zero-order chi connectivity index (χ0) is 16.4. The molecular formula is C18H21N5O. The van der Waals surface area contributed by atoms with Gasteiger partial charge in [-0.05, 0) is 38.4 Å². The average Bonchev–Trinajstić information content (AvgIpc) is 3.28. The lowest BCUT2D eigenvalue weighted by molar-refractivity contribution is 0.128. The predicted octanol–water partition coefficient (Wildman–Crippen LogP) is 3.50. The van der Waals surface area contributed by atoms with Gasteiger partial charge in [0.25, 0.3) is 0 Å². The molecule has 3 heterocycles. The number of aromatic nitrogens is 4. The van der Waals surface area contributed by atoms with Crippen LogP contribution in [0, 0.1) is 6.92 Å². The lowest BCUT2D eigenvalue weighted by atomic mass is 9.97. The van der Waals surface area contributed by atoms with Gasteiger partial charge >= 0.3 is 0 Å². The topological polar surface area (TPSA) is 70.8 Å². The van der Waals surface area contributed by atoms with Gasteiger partial charge < -0.3 is 4.42 Å². The van der Waals surface area contributed by atoms with Gasteiger partial charge in [0, 0.05) is 23.4 Å². The van der Waals surface area contributed by atoms with Gasteiger partial charge in [-0.2, -0.15) is 5.10 Å². The van der Waals surface area contributed by atoms with E-state index >= 15 is 0 Å². The molecule has 4 rings (SSSR count). The van der Waals surface area contributed by atoms with Crippen molar-refractivity contribution in [2.75, 3.05) is 6.54 Å². The molecule has 3 aromatic rings. The molecule has 24 heavy (non-hydrogen) atoms. The zero-order valence-electron chi connectivity index (χ0n) is 13.8. The van der Waals surface area contributed by atoms with Gasteiger partial charge in [0.05, 0.1) is 12.7 Å². The molecule has 0 unspecified atom stereocenters. The SMILES string of the molecule is Cc1ccc(-c2nnc(CN3CCCC[C@H]3c3cn[nH]c3)o2)cc1. The first kappa shape index (κ1) is 15.1. The summed E-state index contributed by atoms with van der Waals surface area (Å²) >= 11 is 0. The molecule has 1 aliphatic rings. The summed E-state index contributed by atoms with van der Waals surface area (Å²) in [5.41, 5.74) is 3.41. The third kappa shape index (κ3) is 3.10. The van der Waals surface area contributed by atoms with Crippen molar-refractivity contribution in [1.29, 1.82) is 0 Å². The molecule has 0 spiro atoms. The monoisotopic (exact) mass is 323 g/mol. The quantitative estimate of drug-likeness (QED) is 0.796. The van der Waals surface area contributed by atoms with Crippen LogP contribution in [0.2, 0.25) is 0 Å². The summed E-state index contributed by atoms with van der Waals surface area (Å²) in [6, 6.07) is 8.51. The lowest BCUT2D eigenvalue weighted by Gasteiger charge is -2.34. The van der Waals surface area contributed by atoms with Crippen molar-refractivity contribution in [2.24, 2.45) is 0 Å². The summed E-state index contributed by atoms with van der Waals surface area (Å²) < 4.78 is 5.89. The molecule has 1 N–H and O–H groups in total. The third-order valence-corrected chi connectivity index (χ3v) is 4.62. The van der Waals surface area contributed by atoms with Gasteiger partial charge in [0.1, 0.15) is 0 Å². The Morgan fingerprint density at radius 1 is 1.21 bits per heavy atom. The Balaban J connectivity index is 1.51. The summed E-state index contributed by atoms with van der Waals surface area (Å²) in [4.78, 5) is 2.40. The minimum Gasteiger partial charge on any atom is -0.419 e. The number of H-pyrrole nitrogens is 1. The minimum absolute atomic E-state index is 0.368. The predicted molar refractivity (Wildman–Crippen MR) is 90.1 cm³/mol. The van der Waals surface area contributed by atoms with Crippen molar-refractivity contribution in [3.63, 3.8) is 0 Å². The van der Waals surface area contributed by atoms with Crippen LogP contribution in [0.25, 0.3) is 11.5 Å². The maximum Gasteiger partial charge on any atom is 0.247 e. The summed E-state index contributed by atoms with van der Waals surface area (Å²) in [6.45, 7) is 3.78. The third-order valence-electron chi connectivity index (χ3n) is 4.62. The molecule has 0 saturated carbocycles. The number of aryl methyl sites for hydroxylation is 1. The number of benzene rings is 1. The molecule has 2 aromatic heterocycles.